The molecule has 15 heteroatoms. The smallest absolute Gasteiger partial charge is 0.870 e. The van der Waals surface area contributed by atoms with Gasteiger partial charge in [-0.15, -0.1) is 0 Å². The minimum Gasteiger partial charge on any atom is -0.870 e. The molecule has 11 N–H and O–H groups in total. The molecule has 0 aliphatic heterocycles. The average Bonchev–Trinajstić information content (AvgIpc) is 0. The Balaban J connectivity index is 0. The molecule has 0 aliphatic carbocycles. The van der Waals surface area contributed by atoms with Crippen molar-refractivity contribution in [1.29, 1.82) is 0 Å². The second-order valence-corrected chi connectivity index (χ2v) is 0. The van der Waals surface area contributed by atoms with Crippen LogP contribution in [-0.2, 0) is 72.7 Å². The van der Waals surface area contributed by atoms with Crippen molar-refractivity contribution in [3.8, 4) is 0 Å². The topological polar surface area (TPSA) is 330 Å². The summed E-state index contributed by atoms with van der Waals surface area (Å²) in [5.74, 6) is 0. The van der Waals surface area contributed by atoms with Crippen LogP contribution in [0.25, 0.3) is 0 Å². The van der Waals surface area contributed by atoms with Crippen LogP contribution < -0.4 is 0 Å². The van der Waals surface area contributed by atoms with Crippen LogP contribution in [0.2, 0.25) is 0 Å². The maximum atomic E-state index is 0. The first-order valence-corrected chi connectivity index (χ1v) is 0. The molecule has 0 amide bonds. The summed E-state index contributed by atoms with van der Waals surface area (Å²) in [5, 5.41) is 0. The maximum absolute atomic E-state index is 0. The van der Waals surface area contributed by atoms with Gasteiger partial charge >= 0.3 is 72.7 Å². The second-order valence-electron chi connectivity index (χ2n) is 0. The van der Waals surface area contributed by atoms with Crippen molar-refractivity contribution in [3.63, 3.8) is 0 Å². The van der Waals surface area contributed by atoms with Gasteiger partial charge in [0.15, 0.2) is 0 Å². The van der Waals surface area contributed by atoms with Gasteiger partial charge in [0.05, 0.1) is 0 Å². The van der Waals surface area contributed by atoms with Gasteiger partial charge < -0.3 is 60.2 Å². The van der Waals surface area contributed by atoms with Crippen molar-refractivity contribution in [3.05, 3.63) is 0 Å². The van der Waals surface area contributed by atoms with Crippen molar-refractivity contribution in [1.82, 2.24) is 0 Å². The Kier molecular flexibility index (Phi) is 88900. The molecule has 0 bridgehead atoms. The summed E-state index contributed by atoms with van der Waals surface area (Å²) in [6.07, 6.45) is 0. The van der Waals surface area contributed by atoms with Gasteiger partial charge in [-0.3, -0.25) is 0 Å². The van der Waals surface area contributed by atoms with E-state index in [9.17, 15) is 0 Å². The van der Waals surface area contributed by atoms with Crippen molar-refractivity contribution < 1.29 is 133 Å². The molecular formula is H11CoMnNiO11Ta. The number of hydrogen-bond acceptors (Lipinski definition) is 11. The molecular weight excluding hydrogens is 530 g/mol. The van der Waals surface area contributed by atoms with Crippen molar-refractivity contribution in [2.24, 2.45) is 0 Å². The Labute approximate surface area is 132 Å². The third kappa shape index (κ3) is 912. The molecule has 0 rings (SSSR count). The van der Waals surface area contributed by atoms with E-state index in [1.807, 2.05) is 0 Å². The molecule has 0 aromatic carbocycles. The predicted molar refractivity (Wildman–Crippen MR) is 21.3 cm³/mol. The molecule has 0 fully saturated rings. The van der Waals surface area contributed by atoms with Gasteiger partial charge in [0.1, 0.15) is 0 Å². The van der Waals surface area contributed by atoms with Crippen LogP contribution in [0.4, 0.5) is 0 Å². The Morgan fingerprint density at radius 3 is 0.333 bits per heavy atom. The third-order valence-electron chi connectivity index (χ3n) is 0. The minimum atomic E-state index is 0. The summed E-state index contributed by atoms with van der Waals surface area (Å²) in [4.78, 5) is 0. The van der Waals surface area contributed by atoms with E-state index in [0.717, 1.165) is 0 Å². The largest absolute Gasteiger partial charge is 5.00 e. The van der Waals surface area contributed by atoms with Crippen LogP contribution in [-0.4, -0.2) is 60.2 Å². The zero-order valence-corrected chi connectivity index (χ0v) is 12.8. The molecule has 2 radical (unpaired) electrons. The van der Waals surface area contributed by atoms with Gasteiger partial charge in [0, 0.05) is 0 Å². The summed E-state index contributed by atoms with van der Waals surface area (Å²) >= 11 is 0. The summed E-state index contributed by atoms with van der Waals surface area (Å²) in [5.41, 5.74) is 0. The van der Waals surface area contributed by atoms with E-state index in [4.69, 9.17) is 0 Å². The molecule has 0 heterocycles. The molecule has 0 spiro atoms. The molecule has 108 valence electrons. The van der Waals surface area contributed by atoms with E-state index in [1.54, 1.807) is 0 Å². The summed E-state index contributed by atoms with van der Waals surface area (Å²) in [6, 6.07) is 0. The fraction of sp³-hybridized carbons (Fsp3) is 0. The van der Waals surface area contributed by atoms with E-state index in [2.05, 4.69) is 0 Å². The van der Waals surface area contributed by atoms with Crippen LogP contribution in [0.3, 0.4) is 0 Å². The van der Waals surface area contributed by atoms with Crippen molar-refractivity contribution in [2.75, 3.05) is 0 Å². The average molecular weight is 541 g/mol. The molecule has 11 nitrogen and oxygen atoms in total. The zero-order valence-electron chi connectivity index (χ0n) is 6.39. The zero-order chi connectivity index (χ0) is 0. The first-order chi connectivity index (χ1) is 0. The van der Waals surface area contributed by atoms with Crippen molar-refractivity contribution in [2.45, 2.75) is 0 Å². The molecule has 0 aromatic heterocycles. The van der Waals surface area contributed by atoms with Gasteiger partial charge in [0.2, 0.25) is 0 Å². The van der Waals surface area contributed by atoms with Crippen molar-refractivity contribution >= 4 is 0 Å². The Morgan fingerprint density at radius 2 is 0.333 bits per heavy atom. The van der Waals surface area contributed by atoms with Crippen LogP contribution >= 0.6 is 0 Å². The maximum Gasteiger partial charge on any atom is 5.00 e. The quantitative estimate of drug-likeness (QED) is 0.303. The van der Waals surface area contributed by atoms with Gasteiger partial charge in [-0.25, -0.2) is 0 Å². The van der Waals surface area contributed by atoms with Gasteiger partial charge in [-0.1, -0.05) is 0 Å². The van der Waals surface area contributed by atoms with E-state index >= 15 is 0 Å². The molecule has 15 heavy (non-hydrogen) atoms. The van der Waals surface area contributed by atoms with Gasteiger partial charge in [0.25, 0.3) is 0 Å². The molecule has 0 aliphatic rings. The normalized spacial score (nSPS) is 0. The molecule has 0 unspecified atom stereocenters. The second kappa shape index (κ2) is 1050. The van der Waals surface area contributed by atoms with Gasteiger partial charge in [-0.05, 0) is 0 Å². The summed E-state index contributed by atoms with van der Waals surface area (Å²) in [6.45, 7) is 0. The Bertz CT molecular complexity index is 20.5. The molecule has 0 atom stereocenters. The standard InChI is InChI=1S/Co.Mn.Ni.11H2O.Ta/h;;;11*1H2;/q3*+2;;;;;;;;;;;;+5/p-11. The van der Waals surface area contributed by atoms with E-state index in [0.29, 0.717) is 0 Å². The number of rotatable bonds is 0. The third-order valence-corrected chi connectivity index (χ3v) is 0. The fourth-order valence-electron chi connectivity index (χ4n) is 0. The summed E-state index contributed by atoms with van der Waals surface area (Å²) in [7, 11) is 0. The van der Waals surface area contributed by atoms with E-state index in [1.165, 1.54) is 0 Å². The molecule has 0 aromatic rings. The number of hydrogen-bond donors (Lipinski definition) is 0. The molecule has 0 saturated carbocycles. The first-order valence-electron chi connectivity index (χ1n) is 0. The predicted octanol–water partition coefficient (Wildman–Crippen LogP) is -1.95. The molecule has 0 saturated heterocycles. The van der Waals surface area contributed by atoms with Crippen LogP contribution in [0.5, 0.6) is 0 Å². The minimum absolute atomic E-state index is 0. The van der Waals surface area contributed by atoms with E-state index in [-0.39, 0.29) is 133 Å². The fourth-order valence-corrected chi connectivity index (χ4v) is 0. The monoisotopic (exact) mass is 540 g/mol. The van der Waals surface area contributed by atoms with Crippen LogP contribution in [0.15, 0.2) is 0 Å². The Hall–Kier alpha value is 1.82. The summed E-state index contributed by atoms with van der Waals surface area (Å²) < 4.78 is 0. The van der Waals surface area contributed by atoms with E-state index < -0.39 is 0 Å². The first kappa shape index (κ1) is 1270. The van der Waals surface area contributed by atoms with Crippen LogP contribution in [0, 0.1) is 0 Å². The SMILES string of the molecule is [Co+2].[Mn+2].[Ni+2].[OH-].[OH-].[OH-].[OH-].[OH-].[OH-].[OH-].[OH-].[OH-].[OH-].[OH-].[Ta+5]. The van der Waals surface area contributed by atoms with Gasteiger partial charge in [-0.2, -0.15) is 0 Å². The van der Waals surface area contributed by atoms with Crippen LogP contribution in [0.1, 0.15) is 0 Å². The Morgan fingerprint density at radius 1 is 0.333 bits per heavy atom.